The third-order valence-corrected chi connectivity index (χ3v) is 6.77. The van der Waals surface area contributed by atoms with Crippen LogP contribution in [0, 0.1) is 0 Å². The molecule has 1 saturated heterocycles. The number of anilines is 2. The Kier molecular flexibility index (Phi) is 5.68. The molecule has 7 heteroatoms. The maximum atomic E-state index is 6.48. The molecular weight excluding hydrogens is 434 g/mol. The molecule has 2 aromatic carbocycles. The Morgan fingerprint density at radius 2 is 1.77 bits per heavy atom. The molecule has 1 fully saturated rings. The summed E-state index contributed by atoms with van der Waals surface area (Å²) in [5.74, 6) is 0. The number of nitrogens with zero attached hydrogens (tertiary/aromatic N) is 4. The molecule has 1 aliphatic rings. The number of piperazine rings is 1. The zero-order chi connectivity index (χ0) is 23.6. The van der Waals surface area contributed by atoms with E-state index in [4.69, 9.17) is 5.73 Å². The molecule has 3 aromatic heterocycles. The van der Waals surface area contributed by atoms with E-state index in [1.807, 2.05) is 29.3 Å². The minimum absolute atomic E-state index is 0.804. The lowest BCUT2D eigenvalue weighted by Crippen LogP contribution is -2.43. The Balaban J connectivity index is 1.26. The predicted octanol–water partition coefficient (Wildman–Crippen LogP) is 4.33. The molecule has 5 aromatic rings. The van der Waals surface area contributed by atoms with Gasteiger partial charge in [-0.25, -0.2) is 4.98 Å². The van der Waals surface area contributed by atoms with Gasteiger partial charge in [0.1, 0.15) is 5.65 Å². The fraction of sp³-hybridized carbons (Fsp3) is 0.214. The molecule has 0 saturated carbocycles. The number of benzene rings is 2. The summed E-state index contributed by atoms with van der Waals surface area (Å²) in [7, 11) is 0. The van der Waals surface area contributed by atoms with Crippen LogP contribution in [0.5, 0.6) is 0 Å². The number of rotatable bonds is 6. The van der Waals surface area contributed by atoms with Crippen LogP contribution in [-0.2, 0) is 13.0 Å². The van der Waals surface area contributed by atoms with Crippen molar-refractivity contribution in [1.29, 1.82) is 0 Å². The number of hydrogen-bond acceptors (Lipinski definition) is 5. The molecule has 0 bridgehead atoms. The predicted molar refractivity (Wildman–Crippen MR) is 142 cm³/mol. The smallest absolute Gasteiger partial charge is 0.137 e. The van der Waals surface area contributed by atoms with E-state index in [9.17, 15) is 0 Å². The Morgan fingerprint density at radius 1 is 0.914 bits per heavy atom. The lowest BCUT2D eigenvalue weighted by molar-refractivity contribution is 0.590. The summed E-state index contributed by atoms with van der Waals surface area (Å²) in [6.07, 6.45) is 8.92. The highest BCUT2D eigenvalue weighted by atomic mass is 15.3. The van der Waals surface area contributed by atoms with E-state index in [1.165, 1.54) is 5.56 Å². The highest BCUT2D eigenvalue weighted by Gasteiger charge is 2.15. The van der Waals surface area contributed by atoms with Gasteiger partial charge < -0.3 is 20.9 Å². The Labute approximate surface area is 204 Å². The Bertz CT molecular complexity index is 1440. The van der Waals surface area contributed by atoms with Crippen LogP contribution in [0.2, 0.25) is 0 Å². The molecule has 0 unspecified atom stereocenters. The van der Waals surface area contributed by atoms with Gasteiger partial charge in [0.15, 0.2) is 0 Å². The molecular formula is C28H29N7. The second-order valence-corrected chi connectivity index (χ2v) is 9.06. The van der Waals surface area contributed by atoms with Gasteiger partial charge in [-0.15, -0.1) is 0 Å². The van der Waals surface area contributed by atoms with Crippen LogP contribution in [0.3, 0.4) is 0 Å². The molecule has 0 atom stereocenters. The van der Waals surface area contributed by atoms with E-state index < -0.39 is 0 Å². The maximum Gasteiger partial charge on any atom is 0.137 e. The van der Waals surface area contributed by atoms with Gasteiger partial charge in [-0.3, -0.25) is 4.68 Å². The molecule has 0 radical (unpaired) electrons. The molecule has 0 spiro atoms. The SMILES string of the molecule is Nc1cc(-c2cnc3[nH]cc(-c4cnn(CCc5ccccc5)c4)c3c2)ccc1N1CCNCC1. The number of nitrogens with one attached hydrogen (secondary N) is 2. The number of aryl methyl sites for hydroxylation is 2. The molecule has 7 nitrogen and oxygen atoms in total. The first-order chi connectivity index (χ1) is 17.2. The van der Waals surface area contributed by atoms with Crippen molar-refractivity contribution in [3.63, 3.8) is 0 Å². The average molecular weight is 464 g/mol. The van der Waals surface area contributed by atoms with Crippen LogP contribution in [0.25, 0.3) is 33.3 Å². The fourth-order valence-corrected chi connectivity index (χ4v) is 4.84. The van der Waals surface area contributed by atoms with E-state index in [1.54, 1.807) is 0 Å². The number of hydrogen-bond donors (Lipinski definition) is 3. The van der Waals surface area contributed by atoms with Gasteiger partial charge in [0.2, 0.25) is 0 Å². The second kappa shape index (κ2) is 9.27. The van der Waals surface area contributed by atoms with E-state index in [0.717, 1.165) is 83.8 Å². The number of pyridine rings is 1. The van der Waals surface area contributed by atoms with Crippen molar-refractivity contribution in [2.45, 2.75) is 13.0 Å². The van der Waals surface area contributed by atoms with Crippen molar-refractivity contribution >= 4 is 22.4 Å². The van der Waals surface area contributed by atoms with Gasteiger partial charge in [0.25, 0.3) is 0 Å². The number of aromatic nitrogens is 4. The quantitative estimate of drug-likeness (QED) is 0.326. The van der Waals surface area contributed by atoms with Crippen molar-refractivity contribution in [3.05, 3.63) is 84.9 Å². The zero-order valence-electron chi connectivity index (χ0n) is 19.6. The third kappa shape index (κ3) is 4.38. The van der Waals surface area contributed by atoms with Crippen molar-refractivity contribution < 1.29 is 0 Å². The van der Waals surface area contributed by atoms with E-state index in [-0.39, 0.29) is 0 Å². The van der Waals surface area contributed by atoms with Gasteiger partial charge in [-0.2, -0.15) is 5.10 Å². The monoisotopic (exact) mass is 463 g/mol. The van der Waals surface area contributed by atoms with Gasteiger partial charge in [0, 0.05) is 73.4 Å². The van der Waals surface area contributed by atoms with Crippen LogP contribution in [0.15, 0.2) is 79.4 Å². The molecule has 4 heterocycles. The van der Waals surface area contributed by atoms with Crippen LogP contribution in [-0.4, -0.2) is 45.9 Å². The van der Waals surface area contributed by atoms with Crippen molar-refractivity contribution in [2.75, 3.05) is 36.8 Å². The topological polar surface area (TPSA) is 87.8 Å². The molecule has 35 heavy (non-hydrogen) atoms. The van der Waals surface area contributed by atoms with Crippen LogP contribution in [0.4, 0.5) is 11.4 Å². The Morgan fingerprint density at radius 3 is 2.60 bits per heavy atom. The summed E-state index contributed by atoms with van der Waals surface area (Å²) in [5, 5.41) is 9.07. The third-order valence-electron chi connectivity index (χ3n) is 6.77. The molecule has 6 rings (SSSR count). The van der Waals surface area contributed by atoms with Gasteiger partial charge in [-0.05, 0) is 35.7 Å². The maximum absolute atomic E-state index is 6.48. The van der Waals surface area contributed by atoms with E-state index in [2.05, 4.69) is 80.0 Å². The number of nitrogen functional groups attached to an aromatic ring is 1. The first kappa shape index (κ1) is 21.4. The van der Waals surface area contributed by atoms with Crippen molar-refractivity contribution in [1.82, 2.24) is 25.1 Å². The van der Waals surface area contributed by atoms with E-state index >= 15 is 0 Å². The van der Waals surface area contributed by atoms with Gasteiger partial charge in [-0.1, -0.05) is 36.4 Å². The van der Waals surface area contributed by atoms with Crippen molar-refractivity contribution in [2.24, 2.45) is 0 Å². The second-order valence-electron chi connectivity index (χ2n) is 9.06. The molecule has 0 amide bonds. The summed E-state index contributed by atoms with van der Waals surface area (Å²) in [4.78, 5) is 10.3. The first-order valence-electron chi connectivity index (χ1n) is 12.1. The molecule has 1 aliphatic heterocycles. The number of aromatic amines is 1. The van der Waals surface area contributed by atoms with Crippen LogP contribution >= 0.6 is 0 Å². The average Bonchev–Trinajstić information content (AvgIpc) is 3.55. The minimum atomic E-state index is 0.804. The minimum Gasteiger partial charge on any atom is -0.397 e. The summed E-state index contributed by atoms with van der Waals surface area (Å²) >= 11 is 0. The molecule has 176 valence electrons. The summed E-state index contributed by atoms with van der Waals surface area (Å²) in [6, 6.07) is 19.0. The Hall–Kier alpha value is -4.10. The first-order valence-corrected chi connectivity index (χ1v) is 12.1. The van der Waals surface area contributed by atoms with Crippen LogP contribution in [0.1, 0.15) is 5.56 Å². The summed E-state index contributed by atoms with van der Waals surface area (Å²) in [5.41, 5.74) is 14.9. The zero-order valence-corrected chi connectivity index (χ0v) is 19.6. The molecule has 0 aliphatic carbocycles. The number of fused-ring (bicyclic) bond motifs is 1. The highest BCUT2D eigenvalue weighted by molar-refractivity contribution is 5.95. The van der Waals surface area contributed by atoms with Crippen molar-refractivity contribution in [3.8, 4) is 22.3 Å². The molecule has 4 N–H and O–H groups in total. The normalized spacial score (nSPS) is 14.0. The lowest BCUT2D eigenvalue weighted by Gasteiger charge is -2.30. The van der Waals surface area contributed by atoms with Gasteiger partial charge in [0.05, 0.1) is 17.6 Å². The fourth-order valence-electron chi connectivity index (χ4n) is 4.84. The standard InChI is InChI=1S/C28H29N7/c29-26-15-21(6-7-27(26)34-12-9-30-10-13-34)22-14-24-25(18-32-28(24)31-16-22)23-17-33-35(19-23)11-8-20-4-2-1-3-5-20/h1-7,14-19,30H,8-13,29H2,(H,31,32). The number of H-pyrrole nitrogens is 1. The largest absolute Gasteiger partial charge is 0.397 e. The van der Waals surface area contributed by atoms with E-state index in [0.29, 0.717) is 0 Å². The summed E-state index contributed by atoms with van der Waals surface area (Å²) < 4.78 is 2.01. The highest BCUT2D eigenvalue weighted by Crippen LogP contribution is 2.33. The summed E-state index contributed by atoms with van der Waals surface area (Å²) in [6.45, 7) is 4.77. The van der Waals surface area contributed by atoms with Gasteiger partial charge >= 0.3 is 0 Å². The van der Waals surface area contributed by atoms with Crippen LogP contribution < -0.4 is 16.0 Å². The number of nitrogens with two attached hydrogens (primary N) is 1. The lowest BCUT2D eigenvalue weighted by atomic mass is 10.0.